The molecule has 1 fully saturated rings. The Hall–Kier alpha value is -1.98. The average molecular weight is 341 g/mol. The second-order valence-corrected chi connectivity index (χ2v) is 7.42. The summed E-state index contributed by atoms with van der Waals surface area (Å²) in [6, 6.07) is 11.1. The van der Waals surface area contributed by atoms with Gasteiger partial charge in [-0.15, -0.1) is 11.3 Å². The van der Waals surface area contributed by atoms with E-state index in [0.29, 0.717) is 11.2 Å². The van der Waals surface area contributed by atoms with Gasteiger partial charge in [-0.25, -0.2) is 4.98 Å². The Morgan fingerprint density at radius 3 is 2.92 bits per heavy atom. The number of likely N-dealkylation sites (tertiary alicyclic amines) is 1. The summed E-state index contributed by atoms with van der Waals surface area (Å²) < 4.78 is 0. The number of nitrogens with one attached hydrogen (secondary N) is 1. The van der Waals surface area contributed by atoms with E-state index in [9.17, 15) is 4.79 Å². The molecule has 0 aliphatic carbocycles. The fourth-order valence-corrected chi connectivity index (χ4v) is 3.94. The van der Waals surface area contributed by atoms with Crippen LogP contribution in [0, 0.1) is 0 Å². The van der Waals surface area contributed by atoms with Crippen molar-refractivity contribution in [2.45, 2.75) is 39.3 Å². The van der Waals surface area contributed by atoms with E-state index in [1.807, 2.05) is 6.20 Å². The Bertz CT molecular complexity index is 723. The smallest absolute Gasteiger partial charge is 0.223 e. The number of nitrogens with zero attached hydrogens (tertiary/aromatic N) is 2. The molecule has 24 heavy (non-hydrogen) atoms. The Kier molecular flexibility index (Phi) is 5.43. The van der Waals surface area contributed by atoms with Gasteiger partial charge >= 0.3 is 0 Å². The number of anilines is 1. The first-order chi connectivity index (χ1) is 11.6. The minimum Gasteiger partial charge on any atom is -0.302 e. The van der Waals surface area contributed by atoms with Crippen LogP contribution in [0.4, 0.5) is 5.13 Å². The van der Waals surface area contributed by atoms with Crippen molar-refractivity contribution in [3.8, 4) is 0 Å². The summed E-state index contributed by atoms with van der Waals surface area (Å²) in [5.41, 5.74) is 2.81. The third kappa shape index (κ3) is 4.52. The van der Waals surface area contributed by atoms with Gasteiger partial charge in [-0.05, 0) is 25.3 Å². The summed E-state index contributed by atoms with van der Waals surface area (Å²) in [5.74, 6) is -0.0714. The van der Waals surface area contributed by atoms with Crippen LogP contribution in [0.1, 0.15) is 37.1 Å². The number of thiazole rings is 1. The largest absolute Gasteiger partial charge is 0.302 e. The minimum atomic E-state index is -0.0714. The molecule has 0 radical (unpaired) electrons. The van der Waals surface area contributed by atoms with E-state index >= 15 is 0 Å². The van der Waals surface area contributed by atoms with Crippen LogP contribution in [0.3, 0.4) is 0 Å². The third-order valence-electron chi connectivity index (χ3n) is 4.27. The van der Waals surface area contributed by atoms with Gasteiger partial charge in [-0.2, -0.15) is 0 Å². The zero-order valence-corrected chi connectivity index (χ0v) is 15.0. The molecule has 4 nitrogen and oxygen atoms in total. The standard InChI is InChI=1S/C19H23N3OS/c1-14-10-17(11-16-6-4-3-5-7-16)8-9-22(14)13-18-12-20-19(24-18)21-15(2)23/h3-7,11-12,14H,8-10,13H2,1-2H3,(H,20,21,23). The van der Waals surface area contributed by atoms with Crippen molar-refractivity contribution in [2.24, 2.45) is 0 Å². The topological polar surface area (TPSA) is 45.2 Å². The molecule has 1 saturated heterocycles. The van der Waals surface area contributed by atoms with Gasteiger partial charge in [0.05, 0.1) is 0 Å². The maximum absolute atomic E-state index is 11.1. The quantitative estimate of drug-likeness (QED) is 0.908. The van der Waals surface area contributed by atoms with Crippen molar-refractivity contribution < 1.29 is 4.79 Å². The van der Waals surface area contributed by atoms with E-state index in [1.165, 1.54) is 22.9 Å². The summed E-state index contributed by atoms with van der Waals surface area (Å²) in [7, 11) is 0. The van der Waals surface area contributed by atoms with E-state index < -0.39 is 0 Å². The molecular formula is C19H23N3OS. The number of benzene rings is 1. The normalized spacial score (nSPS) is 20.2. The van der Waals surface area contributed by atoms with Crippen molar-refractivity contribution in [3.05, 3.63) is 52.5 Å². The lowest BCUT2D eigenvalue weighted by atomic mass is 9.95. The molecule has 5 heteroatoms. The maximum atomic E-state index is 11.1. The molecule has 0 bridgehead atoms. The zero-order valence-electron chi connectivity index (χ0n) is 14.2. The number of aromatic nitrogens is 1. The summed E-state index contributed by atoms with van der Waals surface area (Å²) in [5, 5.41) is 3.44. The molecule has 126 valence electrons. The monoisotopic (exact) mass is 341 g/mol. The summed E-state index contributed by atoms with van der Waals surface area (Å²) >= 11 is 1.56. The molecule has 1 aromatic heterocycles. The fraction of sp³-hybridized carbons (Fsp3) is 0.368. The lowest BCUT2D eigenvalue weighted by molar-refractivity contribution is -0.114. The van der Waals surface area contributed by atoms with Crippen LogP contribution in [-0.2, 0) is 11.3 Å². The number of amides is 1. The molecule has 1 N–H and O–H groups in total. The molecular weight excluding hydrogens is 318 g/mol. The fourth-order valence-electron chi connectivity index (χ4n) is 3.06. The van der Waals surface area contributed by atoms with Crippen molar-refractivity contribution in [1.82, 2.24) is 9.88 Å². The van der Waals surface area contributed by atoms with Crippen LogP contribution in [0.5, 0.6) is 0 Å². The molecule has 0 saturated carbocycles. The predicted molar refractivity (Wildman–Crippen MR) is 99.9 cm³/mol. The Morgan fingerprint density at radius 2 is 2.21 bits per heavy atom. The van der Waals surface area contributed by atoms with Gasteiger partial charge in [-0.3, -0.25) is 9.69 Å². The van der Waals surface area contributed by atoms with Gasteiger partial charge < -0.3 is 5.32 Å². The maximum Gasteiger partial charge on any atom is 0.223 e. The van der Waals surface area contributed by atoms with Crippen LogP contribution in [0.2, 0.25) is 0 Å². The Balaban J connectivity index is 1.59. The summed E-state index contributed by atoms with van der Waals surface area (Å²) in [6.07, 6.45) is 6.41. The molecule has 1 aliphatic rings. The predicted octanol–water partition coefficient (Wildman–Crippen LogP) is 4.17. The van der Waals surface area contributed by atoms with Gasteiger partial charge in [0.2, 0.25) is 5.91 Å². The highest BCUT2D eigenvalue weighted by molar-refractivity contribution is 7.15. The second-order valence-electron chi connectivity index (χ2n) is 6.30. The van der Waals surface area contributed by atoms with Crippen LogP contribution >= 0.6 is 11.3 Å². The van der Waals surface area contributed by atoms with Crippen molar-refractivity contribution in [2.75, 3.05) is 11.9 Å². The van der Waals surface area contributed by atoms with Crippen molar-refractivity contribution in [1.29, 1.82) is 0 Å². The molecule has 2 aromatic rings. The van der Waals surface area contributed by atoms with Crippen LogP contribution < -0.4 is 5.32 Å². The summed E-state index contributed by atoms with van der Waals surface area (Å²) in [6.45, 7) is 5.76. The molecule has 3 rings (SSSR count). The average Bonchev–Trinajstić information content (AvgIpc) is 2.97. The lowest BCUT2D eigenvalue weighted by Crippen LogP contribution is -2.37. The van der Waals surface area contributed by atoms with Crippen molar-refractivity contribution >= 4 is 28.5 Å². The number of carbonyl (C=O) groups excluding carboxylic acids is 1. The van der Waals surface area contributed by atoms with E-state index in [1.54, 1.807) is 11.3 Å². The van der Waals surface area contributed by atoms with Gasteiger partial charge in [0, 0.05) is 37.1 Å². The van der Waals surface area contributed by atoms with Crippen molar-refractivity contribution in [3.63, 3.8) is 0 Å². The highest BCUT2D eigenvalue weighted by Gasteiger charge is 2.22. The molecule has 0 spiro atoms. The Morgan fingerprint density at radius 1 is 1.42 bits per heavy atom. The highest BCUT2D eigenvalue weighted by Crippen LogP contribution is 2.27. The van der Waals surface area contributed by atoms with E-state index in [0.717, 1.165) is 25.9 Å². The molecule has 1 unspecified atom stereocenters. The second kappa shape index (κ2) is 7.73. The molecule has 2 heterocycles. The first-order valence-electron chi connectivity index (χ1n) is 8.31. The number of carbonyl (C=O) groups is 1. The SMILES string of the molecule is CC(=O)Nc1ncc(CN2CCC(=Cc3ccccc3)CC2C)s1. The van der Waals surface area contributed by atoms with Crippen LogP contribution in [0.25, 0.3) is 6.08 Å². The molecule has 1 aromatic carbocycles. The number of hydrogen-bond donors (Lipinski definition) is 1. The van der Waals surface area contributed by atoms with Crippen LogP contribution in [-0.4, -0.2) is 28.4 Å². The molecule has 1 amide bonds. The lowest BCUT2D eigenvalue weighted by Gasteiger charge is -2.34. The zero-order chi connectivity index (χ0) is 16.9. The van der Waals surface area contributed by atoms with E-state index in [-0.39, 0.29) is 5.91 Å². The highest BCUT2D eigenvalue weighted by atomic mass is 32.1. The number of hydrogen-bond acceptors (Lipinski definition) is 4. The number of rotatable bonds is 4. The molecule has 1 aliphatic heterocycles. The van der Waals surface area contributed by atoms with Gasteiger partial charge in [-0.1, -0.05) is 42.0 Å². The van der Waals surface area contributed by atoms with Gasteiger partial charge in [0.15, 0.2) is 5.13 Å². The summed E-state index contributed by atoms with van der Waals surface area (Å²) in [4.78, 5) is 19.0. The first kappa shape index (κ1) is 16.9. The van der Waals surface area contributed by atoms with Gasteiger partial charge in [0.1, 0.15) is 0 Å². The van der Waals surface area contributed by atoms with E-state index in [4.69, 9.17) is 0 Å². The van der Waals surface area contributed by atoms with E-state index in [2.05, 4.69) is 58.5 Å². The van der Waals surface area contributed by atoms with Gasteiger partial charge in [0.25, 0.3) is 0 Å². The molecule has 1 atom stereocenters. The Labute approximate surface area is 147 Å². The number of piperidine rings is 1. The third-order valence-corrected chi connectivity index (χ3v) is 5.16. The first-order valence-corrected chi connectivity index (χ1v) is 9.12. The minimum absolute atomic E-state index is 0.0714. The van der Waals surface area contributed by atoms with Crippen LogP contribution in [0.15, 0.2) is 42.1 Å².